The van der Waals surface area contributed by atoms with Gasteiger partial charge in [-0.1, -0.05) is 23.8 Å². The molecule has 1 unspecified atom stereocenters. The van der Waals surface area contributed by atoms with E-state index in [4.69, 9.17) is 0 Å². The first-order chi connectivity index (χ1) is 10.1. The molecule has 0 aliphatic carbocycles. The first-order valence-electron chi connectivity index (χ1n) is 8.16. The summed E-state index contributed by atoms with van der Waals surface area (Å²) in [6.45, 7) is 9.09. The van der Waals surface area contributed by atoms with Gasteiger partial charge in [-0.2, -0.15) is 0 Å². The fourth-order valence-corrected chi connectivity index (χ4v) is 3.12. The number of hydrogen-bond acceptors (Lipinski definition) is 2. The van der Waals surface area contributed by atoms with Crippen LogP contribution in [0.1, 0.15) is 55.3 Å². The highest BCUT2D eigenvalue weighted by atomic mass is 16.2. The zero-order valence-electron chi connectivity index (χ0n) is 13.6. The van der Waals surface area contributed by atoms with Crippen molar-refractivity contribution in [2.24, 2.45) is 0 Å². The lowest BCUT2D eigenvalue weighted by atomic mass is 10.0. The molecule has 0 spiro atoms. The molecular formula is C18H28N2O. The second-order valence-corrected chi connectivity index (χ2v) is 6.23. The van der Waals surface area contributed by atoms with Crippen molar-refractivity contribution in [3.8, 4) is 0 Å². The lowest BCUT2D eigenvalue weighted by Gasteiger charge is -2.27. The van der Waals surface area contributed by atoms with E-state index in [0.717, 1.165) is 32.5 Å². The predicted octanol–water partition coefficient (Wildman–Crippen LogP) is 3.36. The van der Waals surface area contributed by atoms with Gasteiger partial charge >= 0.3 is 0 Å². The van der Waals surface area contributed by atoms with E-state index < -0.39 is 0 Å². The highest BCUT2D eigenvalue weighted by molar-refractivity contribution is 5.76. The molecule has 1 amide bonds. The van der Waals surface area contributed by atoms with Crippen LogP contribution in [0.25, 0.3) is 0 Å². The zero-order valence-corrected chi connectivity index (χ0v) is 13.6. The molecule has 0 bridgehead atoms. The van der Waals surface area contributed by atoms with Gasteiger partial charge in [0.05, 0.1) is 0 Å². The quantitative estimate of drug-likeness (QED) is 0.901. The molecule has 1 saturated heterocycles. The molecule has 2 rings (SSSR count). The Balaban J connectivity index is 1.78. The van der Waals surface area contributed by atoms with Crippen molar-refractivity contribution in [3.05, 3.63) is 34.9 Å². The van der Waals surface area contributed by atoms with Gasteiger partial charge in [0, 0.05) is 32.1 Å². The third kappa shape index (κ3) is 4.57. The van der Waals surface area contributed by atoms with Crippen molar-refractivity contribution in [2.75, 3.05) is 19.6 Å². The number of benzene rings is 1. The molecule has 1 atom stereocenters. The van der Waals surface area contributed by atoms with Gasteiger partial charge in [0.15, 0.2) is 0 Å². The second-order valence-electron chi connectivity index (χ2n) is 6.23. The molecule has 1 aliphatic rings. The van der Waals surface area contributed by atoms with Crippen molar-refractivity contribution < 1.29 is 4.79 Å². The number of rotatable bonds is 5. The molecule has 1 N–H and O–H groups in total. The van der Waals surface area contributed by atoms with Crippen molar-refractivity contribution in [1.29, 1.82) is 0 Å². The van der Waals surface area contributed by atoms with E-state index in [9.17, 15) is 4.79 Å². The van der Waals surface area contributed by atoms with Crippen LogP contribution in [0.4, 0.5) is 0 Å². The highest BCUT2D eigenvalue weighted by Crippen LogP contribution is 2.18. The summed E-state index contributed by atoms with van der Waals surface area (Å²) < 4.78 is 0. The summed E-state index contributed by atoms with van der Waals surface area (Å²) in [5.41, 5.74) is 3.94. The summed E-state index contributed by atoms with van der Waals surface area (Å²) in [7, 11) is 0. The molecule has 0 aromatic heterocycles. The van der Waals surface area contributed by atoms with Gasteiger partial charge in [-0.3, -0.25) is 4.79 Å². The molecule has 21 heavy (non-hydrogen) atoms. The van der Waals surface area contributed by atoms with Gasteiger partial charge in [-0.25, -0.2) is 0 Å². The minimum Gasteiger partial charge on any atom is -0.343 e. The first kappa shape index (κ1) is 16.0. The Morgan fingerprint density at radius 1 is 1.24 bits per heavy atom. The van der Waals surface area contributed by atoms with E-state index in [1.807, 2.05) is 4.90 Å². The van der Waals surface area contributed by atoms with Crippen LogP contribution in [0.15, 0.2) is 18.2 Å². The van der Waals surface area contributed by atoms with Crippen LogP contribution < -0.4 is 5.32 Å². The number of carbonyl (C=O) groups excluding carboxylic acids is 1. The standard InChI is InChI=1S/C18H28N2O/c1-14-7-8-17(15(2)13-14)16(3)19-10-9-18(21)20-11-5-4-6-12-20/h7-8,13,16,19H,4-6,9-12H2,1-3H3. The van der Waals surface area contributed by atoms with Crippen LogP contribution in [0, 0.1) is 13.8 Å². The van der Waals surface area contributed by atoms with Gasteiger partial charge in [-0.05, 0) is 51.2 Å². The third-order valence-electron chi connectivity index (χ3n) is 4.39. The summed E-state index contributed by atoms with van der Waals surface area (Å²) in [6.07, 6.45) is 4.21. The Morgan fingerprint density at radius 3 is 2.62 bits per heavy atom. The number of amides is 1. The average Bonchev–Trinajstić information content (AvgIpc) is 2.47. The largest absolute Gasteiger partial charge is 0.343 e. The van der Waals surface area contributed by atoms with Gasteiger partial charge in [-0.15, -0.1) is 0 Å². The molecule has 1 aromatic rings. The number of nitrogens with one attached hydrogen (secondary N) is 1. The van der Waals surface area contributed by atoms with Crippen LogP contribution in [-0.4, -0.2) is 30.4 Å². The van der Waals surface area contributed by atoms with E-state index in [2.05, 4.69) is 44.3 Å². The Bertz CT molecular complexity index is 478. The fraction of sp³-hybridized carbons (Fsp3) is 0.611. The van der Waals surface area contributed by atoms with E-state index in [-0.39, 0.29) is 0 Å². The monoisotopic (exact) mass is 288 g/mol. The van der Waals surface area contributed by atoms with E-state index in [1.165, 1.54) is 23.1 Å². The lowest BCUT2D eigenvalue weighted by molar-refractivity contribution is -0.132. The Kier molecular flexibility index (Phi) is 5.80. The molecule has 0 saturated carbocycles. The molecule has 3 nitrogen and oxygen atoms in total. The minimum absolute atomic E-state index is 0.291. The number of carbonyl (C=O) groups is 1. The fourth-order valence-electron chi connectivity index (χ4n) is 3.12. The van der Waals surface area contributed by atoms with Crippen molar-refractivity contribution >= 4 is 5.91 Å². The molecule has 1 fully saturated rings. The smallest absolute Gasteiger partial charge is 0.223 e. The number of hydrogen-bond donors (Lipinski definition) is 1. The van der Waals surface area contributed by atoms with Crippen molar-refractivity contribution in [3.63, 3.8) is 0 Å². The van der Waals surface area contributed by atoms with Gasteiger partial charge < -0.3 is 10.2 Å². The van der Waals surface area contributed by atoms with E-state index in [0.29, 0.717) is 18.4 Å². The number of aryl methyl sites for hydroxylation is 2. The Morgan fingerprint density at radius 2 is 1.95 bits per heavy atom. The van der Waals surface area contributed by atoms with Crippen LogP contribution in [0.2, 0.25) is 0 Å². The third-order valence-corrected chi connectivity index (χ3v) is 4.39. The minimum atomic E-state index is 0.291. The van der Waals surface area contributed by atoms with E-state index >= 15 is 0 Å². The molecule has 3 heteroatoms. The Labute approximate surface area is 128 Å². The van der Waals surface area contributed by atoms with Crippen molar-refractivity contribution in [1.82, 2.24) is 10.2 Å². The number of likely N-dealkylation sites (tertiary alicyclic amines) is 1. The number of nitrogens with zero attached hydrogens (tertiary/aromatic N) is 1. The van der Waals surface area contributed by atoms with Gasteiger partial charge in [0.1, 0.15) is 0 Å². The molecule has 116 valence electrons. The summed E-state index contributed by atoms with van der Waals surface area (Å²) in [6, 6.07) is 6.85. The van der Waals surface area contributed by atoms with E-state index in [1.54, 1.807) is 0 Å². The lowest BCUT2D eigenvalue weighted by Crippen LogP contribution is -2.37. The topological polar surface area (TPSA) is 32.3 Å². The van der Waals surface area contributed by atoms with Crippen LogP contribution in [0.5, 0.6) is 0 Å². The molecule has 1 heterocycles. The average molecular weight is 288 g/mol. The highest BCUT2D eigenvalue weighted by Gasteiger charge is 2.16. The summed E-state index contributed by atoms with van der Waals surface area (Å²) in [4.78, 5) is 14.1. The normalized spacial score (nSPS) is 16.8. The maximum atomic E-state index is 12.1. The number of piperidine rings is 1. The van der Waals surface area contributed by atoms with Crippen LogP contribution >= 0.6 is 0 Å². The van der Waals surface area contributed by atoms with Crippen LogP contribution in [0.3, 0.4) is 0 Å². The van der Waals surface area contributed by atoms with Gasteiger partial charge in [0.2, 0.25) is 5.91 Å². The first-order valence-corrected chi connectivity index (χ1v) is 8.16. The molecular weight excluding hydrogens is 260 g/mol. The maximum absolute atomic E-state index is 12.1. The summed E-state index contributed by atoms with van der Waals surface area (Å²) >= 11 is 0. The SMILES string of the molecule is Cc1ccc(C(C)NCCC(=O)N2CCCCC2)c(C)c1. The summed E-state index contributed by atoms with van der Waals surface area (Å²) in [5, 5.41) is 3.48. The van der Waals surface area contributed by atoms with Crippen LogP contribution in [-0.2, 0) is 4.79 Å². The summed E-state index contributed by atoms with van der Waals surface area (Å²) in [5.74, 6) is 0.301. The second kappa shape index (κ2) is 7.60. The predicted molar refractivity (Wildman–Crippen MR) is 87.4 cm³/mol. The molecule has 0 radical (unpaired) electrons. The zero-order chi connectivity index (χ0) is 15.2. The molecule has 1 aliphatic heterocycles. The van der Waals surface area contributed by atoms with Crippen molar-refractivity contribution in [2.45, 2.75) is 52.5 Å². The maximum Gasteiger partial charge on any atom is 0.223 e. The molecule has 1 aromatic carbocycles. The Hall–Kier alpha value is -1.35. The van der Waals surface area contributed by atoms with Gasteiger partial charge in [0.25, 0.3) is 0 Å².